The Morgan fingerprint density at radius 2 is 1.92 bits per heavy atom. The number of hydrogen-bond donors (Lipinski definition) is 1. The second kappa shape index (κ2) is 6.88. The molecule has 1 atom stereocenters. The molecule has 0 heterocycles. The Balaban J connectivity index is 3.73. The van der Waals surface area contributed by atoms with Gasteiger partial charge in [0.15, 0.2) is 0 Å². The maximum atomic E-state index is 8.51. The molecule has 3 nitrogen and oxygen atoms in total. The highest BCUT2D eigenvalue weighted by atomic mass is 15.1. The molecule has 2 N–H and O–H groups in total. The second-order valence-corrected chi connectivity index (χ2v) is 3.48. The van der Waals surface area contributed by atoms with Gasteiger partial charge in [0, 0.05) is 12.6 Å². The van der Waals surface area contributed by atoms with Crippen LogP contribution in [0.25, 0.3) is 0 Å². The van der Waals surface area contributed by atoms with Crippen molar-refractivity contribution in [3.05, 3.63) is 0 Å². The van der Waals surface area contributed by atoms with Crippen LogP contribution in [-0.4, -0.2) is 30.6 Å². The minimum atomic E-state index is -0.309. The van der Waals surface area contributed by atoms with Crippen molar-refractivity contribution in [2.45, 2.75) is 45.2 Å². The molecular formula is C10H21N3. The molecule has 13 heavy (non-hydrogen) atoms. The van der Waals surface area contributed by atoms with E-state index in [9.17, 15) is 0 Å². The Hall–Kier alpha value is -0.590. The first-order valence-corrected chi connectivity index (χ1v) is 5.01. The monoisotopic (exact) mass is 183 g/mol. The third kappa shape index (κ3) is 4.87. The van der Waals surface area contributed by atoms with E-state index in [0.29, 0.717) is 6.04 Å². The summed E-state index contributed by atoms with van der Waals surface area (Å²) in [4.78, 5) is 2.29. The molecule has 0 aliphatic carbocycles. The van der Waals surface area contributed by atoms with Crippen molar-refractivity contribution in [3.8, 4) is 6.07 Å². The zero-order chi connectivity index (χ0) is 10.3. The molecule has 0 amide bonds. The molecule has 0 bridgehead atoms. The van der Waals surface area contributed by atoms with E-state index in [0.717, 1.165) is 25.8 Å². The zero-order valence-corrected chi connectivity index (χ0v) is 8.95. The molecule has 76 valence electrons. The van der Waals surface area contributed by atoms with Crippen molar-refractivity contribution in [1.29, 1.82) is 5.26 Å². The van der Waals surface area contributed by atoms with Crippen LogP contribution in [0.3, 0.4) is 0 Å². The highest BCUT2D eigenvalue weighted by molar-refractivity contribution is 4.87. The van der Waals surface area contributed by atoms with Gasteiger partial charge in [0.25, 0.3) is 0 Å². The summed E-state index contributed by atoms with van der Waals surface area (Å²) in [6, 6.07) is 2.37. The van der Waals surface area contributed by atoms with E-state index in [4.69, 9.17) is 11.0 Å². The predicted octanol–water partition coefficient (Wildman–Crippen LogP) is 1.35. The van der Waals surface area contributed by atoms with Crippen LogP contribution in [-0.2, 0) is 0 Å². The van der Waals surface area contributed by atoms with E-state index >= 15 is 0 Å². The Labute approximate surface area is 81.5 Å². The van der Waals surface area contributed by atoms with Gasteiger partial charge in [-0.2, -0.15) is 5.26 Å². The van der Waals surface area contributed by atoms with Gasteiger partial charge in [0.2, 0.25) is 0 Å². The average molecular weight is 183 g/mol. The standard InChI is InChI=1S/C10H21N3/c1-4-10(5-2)13(3)7-6-9(12)8-11/h9-10H,4-7,12H2,1-3H3. The summed E-state index contributed by atoms with van der Waals surface area (Å²) >= 11 is 0. The van der Waals surface area contributed by atoms with Gasteiger partial charge in [-0.25, -0.2) is 0 Å². The van der Waals surface area contributed by atoms with Crippen LogP contribution in [0.1, 0.15) is 33.1 Å². The summed E-state index contributed by atoms with van der Waals surface area (Å²) in [6.45, 7) is 5.30. The molecule has 0 aliphatic rings. The molecule has 0 aromatic carbocycles. The van der Waals surface area contributed by atoms with Gasteiger partial charge >= 0.3 is 0 Å². The third-order valence-corrected chi connectivity index (χ3v) is 2.52. The lowest BCUT2D eigenvalue weighted by Crippen LogP contribution is -2.34. The average Bonchev–Trinajstić information content (AvgIpc) is 2.16. The second-order valence-electron chi connectivity index (χ2n) is 3.48. The zero-order valence-electron chi connectivity index (χ0n) is 8.95. The molecule has 0 aliphatic heterocycles. The van der Waals surface area contributed by atoms with Gasteiger partial charge < -0.3 is 10.6 Å². The SMILES string of the molecule is CCC(CC)N(C)CCC(N)C#N. The summed E-state index contributed by atoms with van der Waals surface area (Å²) < 4.78 is 0. The first-order valence-electron chi connectivity index (χ1n) is 5.01. The lowest BCUT2D eigenvalue weighted by atomic mass is 10.1. The summed E-state index contributed by atoms with van der Waals surface area (Å²) in [5.41, 5.74) is 5.52. The van der Waals surface area contributed by atoms with Crippen molar-refractivity contribution in [2.24, 2.45) is 5.73 Å². The third-order valence-electron chi connectivity index (χ3n) is 2.52. The molecule has 0 aromatic heterocycles. The quantitative estimate of drug-likeness (QED) is 0.676. The first-order chi connectivity index (χ1) is 6.15. The molecule has 0 saturated carbocycles. The largest absolute Gasteiger partial charge is 0.316 e. The fraction of sp³-hybridized carbons (Fsp3) is 0.900. The smallest absolute Gasteiger partial charge is 0.0940 e. The Morgan fingerprint density at radius 1 is 1.38 bits per heavy atom. The van der Waals surface area contributed by atoms with Crippen LogP contribution in [0.15, 0.2) is 0 Å². The van der Waals surface area contributed by atoms with Crippen molar-refractivity contribution in [1.82, 2.24) is 4.90 Å². The molecule has 1 unspecified atom stereocenters. The molecule has 0 aromatic rings. The fourth-order valence-corrected chi connectivity index (χ4v) is 1.50. The number of rotatable bonds is 6. The minimum Gasteiger partial charge on any atom is -0.316 e. The van der Waals surface area contributed by atoms with Crippen LogP contribution in [0.2, 0.25) is 0 Å². The summed E-state index contributed by atoms with van der Waals surface area (Å²) in [6.07, 6.45) is 3.09. The van der Waals surface area contributed by atoms with Gasteiger partial charge in [-0.05, 0) is 26.3 Å². The summed E-state index contributed by atoms with van der Waals surface area (Å²) in [5.74, 6) is 0. The Bertz CT molecular complexity index is 158. The van der Waals surface area contributed by atoms with Crippen LogP contribution in [0.5, 0.6) is 0 Å². The number of nitriles is 1. The van der Waals surface area contributed by atoms with E-state index in [1.54, 1.807) is 0 Å². The topological polar surface area (TPSA) is 53.0 Å². The van der Waals surface area contributed by atoms with Gasteiger partial charge in [-0.1, -0.05) is 13.8 Å². The van der Waals surface area contributed by atoms with E-state index in [1.807, 2.05) is 6.07 Å². The van der Waals surface area contributed by atoms with E-state index in [1.165, 1.54) is 0 Å². The van der Waals surface area contributed by atoms with Gasteiger partial charge in [0.1, 0.15) is 0 Å². The molecule has 3 heteroatoms. The lowest BCUT2D eigenvalue weighted by molar-refractivity contribution is 0.225. The number of nitrogens with zero attached hydrogens (tertiary/aromatic N) is 2. The normalized spacial score (nSPS) is 13.3. The maximum absolute atomic E-state index is 8.51. The lowest BCUT2D eigenvalue weighted by Gasteiger charge is -2.26. The van der Waals surface area contributed by atoms with E-state index < -0.39 is 0 Å². The van der Waals surface area contributed by atoms with Gasteiger partial charge in [0.05, 0.1) is 12.1 Å². The summed E-state index contributed by atoms with van der Waals surface area (Å²) in [5, 5.41) is 8.51. The number of hydrogen-bond acceptors (Lipinski definition) is 3. The van der Waals surface area contributed by atoms with Crippen LogP contribution >= 0.6 is 0 Å². The Morgan fingerprint density at radius 3 is 2.31 bits per heavy atom. The van der Waals surface area contributed by atoms with Gasteiger partial charge in [-0.15, -0.1) is 0 Å². The summed E-state index contributed by atoms with van der Waals surface area (Å²) in [7, 11) is 2.10. The van der Waals surface area contributed by atoms with Gasteiger partial charge in [-0.3, -0.25) is 0 Å². The molecule has 0 radical (unpaired) electrons. The van der Waals surface area contributed by atoms with Crippen molar-refractivity contribution in [2.75, 3.05) is 13.6 Å². The molecule has 0 rings (SSSR count). The highest BCUT2D eigenvalue weighted by Gasteiger charge is 2.10. The van der Waals surface area contributed by atoms with E-state index in [-0.39, 0.29) is 6.04 Å². The highest BCUT2D eigenvalue weighted by Crippen LogP contribution is 2.06. The van der Waals surface area contributed by atoms with Crippen molar-refractivity contribution in [3.63, 3.8) is 0 Å². The van der Waals surface area contributed by atoms with Crippen molar-refractivity contribution < 1.29 is 0 Å². The van der Waals surface area contributed by atoms with Crippen LogP contribution < -0.4 is 5.73 Å². The maximum Gasteiger partial charge on any atom is 0.0940 e. The molecule has 0 saturated heterocycles. The van der Waals surface area contributed by atoms with Crippen molar-refractivity contribution >= 4 is 0 Å². The van der Waals surface area contributed by atoms with Crippen LogP contribution in [0.4, 0.5) is 0 Å². The molecule has 0 spiro atoms. The first kappa shape index (κ1) is 12.4. The fourth-order valence-electron chi connectivity index (χ4n) is 1.50. The predicted molar refractivity (Wildman–Crippen MR) is 55.2 cm³/mol. The molecule has 0 fully saturated rings. The van der Waals surface area contributed by atoms with E-state index in [2.05, 4.69) is 25.8 Å². The minimum absolute atomic E-state index is 0.309. The number of nitrogens with two attached hydrogens (primary N) is 1. The Kier molecular flexibility index (Phi) is 6.56. The molecular weight excluding hydrogens is 162 g/mol. The van der Waals surface area contributed by atoms with Crippen LogP contribution in [0, 0.1) is 11.3 Å².